The zero-order valence-electron chi connectivity index (χ0n) is 16.4. The first-order valence-corrected chi connectivity index (χ1v) is 9.77. The van der Waals surface area contributed by atoms with Gasteiger partial charge in [-0.05, 0) is 24.6 Å². The first-order chi connectivity index (χ1) is 13.7. The number of rotatable bonds is 8. The van der Waals surface area contributed by atoms with Crippen molar-refractivity contribution in [1.29, 1.82) is 0 Å². The Hall–Kier alpha value is -2.70. The molecule has 1 aliphatic rings. The number of hydrogen-bond acceptors (Lipinski definition) is 5. The molecule has 3 rings (SSSR count). The van der Waals surface area contributed by atoms with Crippen LogP contribution in [0.1, 0.15) is 18.1 Å². The van der Waals surface area contributed by atoms with E-state index < -0.39 is 0 Å². The van der Waals surface area contributed by atoms with Gasteiger partial charge in [0.15, 0.2) is 0 Å². The quantitative estimate of drug-likeness (QED) is 0.564. The third-order valence-corrected chi connectivity index (χ3v) is 4.69. The number of ether oxygens (including phenoxy) is 1. The molecule has 1 N–H and O–H groups in total. The van der Waals surface area contributed by atoms with Gasteiger partial charge in [0.25, 0.3) is 5.91 Å². The Morgan fingerprint density at radius 2 is 1.71 bits per heavy atom. The molecular formula is C22H28N4O2. The second-order valence-corrected chi connectivity index (χ2v) is 6.80. The molecular weight excluding hydrogens is 352 g/mol. The molecule has 0 aromatic heterocycles. The highest BCUT2D eigenvalue weighted by molar-refractivity contribution is 5.85. The molecule has 1 fully saturated rings. The van der Waals surface area contributed by atoms with Gasteiger partial charge in [-0.1, -0.05) is 42.5 Å². The number of nitrogens with zero attached hydrogens (tertiary/aromatic N) is 3. The van der Waals surface area contributed by atoms with Crippen molar-refractivity contribution in [3.63, 3.8) is 0 Å². The monoisotopic (exact) mass is 380 g/mol. The van der Waals surface area contributed by atoms with Crippen LogP contribution in [0.25, 0.3) is 0 Å². The molecule has 0 radical (unpaired) electrons. The summed E-state index contributed by atoms with van der Waals surface area (Å²) in [6, 6.07) is 18.1. The highest BCUT2D eigenvalue weighted by Gasteiger charge is 2.18. The van der Waals surface area contributed by atoms with E-state index in [4.69, 9.17) is 4.74 Å². The maximum Gasteiger partial charge on any atom is 0.254 e. The van der Waals surface area contributed by atoms with E-state index in [0.717, 1.165) is 44.0 Å². The van der Waals surface area contributed by atoms with Gasteiger partial charge in [-0.15, -0.1) is 0 Å². The lowest BCUT2D eigenvalue weighted by molar-refractivity contribution is -0.122. The number of hydrazone groups is 1. The maximum absolute atomic E-state index is 12.2. The van der Waals surface area contributed by atoms with Gasteiger partial charge >= 0.3 is 0 Å². The minimum absolute atomic E-state index is 0.0957. The Bertz CT molecular complexity index is 771. The van der Waals surface area contributed by atoms with Crippen LogP contribution in [0.15, 0.2) is 59.7 Å². The van der Waals surface area contributed by atoms with Crippen molar-refractivity contribution in [1.82, 2.24) is 15.2 Å². The molecule has 2 aromatic rings. The van der Waals surface area contributed by atoms with Crippen molar-refractivity contribution in [2.75, 3.05) is 39.3 Å². The SMILES string of the molecule is CCOc1ccccc1/C=N/NC(=O)CN1CCN(Cc2ccccc2)CC1. The molecule has 1 heterocycles. The van der Waals surface area contributed by atoms with Gasteiger partial charge in [0.2, 0.25) is 0 Å². The van der Waals surface area contributed by atoms with E-state index in [9.17, 15) is 4.79 Å². The van der Waals surface area contributed by atoms with Crippen molar-refractivity contribution < 1.29 is 9.53 Å². The number of amides is 1. The molecule has 0 aliphatic carbocycles. The highest BCUT2D eigenvalue weighted by atomic mass is 16.5. The molecule has 2 aromatic carbocycles. The molecule has 0 saturated carbocycles. The van der Waals surface area contributed by atoms with Gasteiger partial charge < -0.3 is 4.74 Å². The summed E-state index contributed by atoms with van der Waals surface area (Å²) in [7, 11) is 0. The van der Waals surface area contributed by atoms with E-state index in [-0.39, 0.29) is 5.91 Å². The molecule has 148 valence electrons. The van der Waals surface area contributed by atoms with Crippen LogP contribution in [0.5, 0.6) is 5.75 Å². The van der Waals surface area contributed by atoms with Crippen LogP contribution in [0.3, 0.4) is 0 Å². The van der Waals surface area contributed by atoms with E-state index in [2.05, 4.69) is 44.6 Å². The molecule has 1 aliphatic heterocycles. The molecule has 0 unspecified atom stereocenters. The topological polar surface area (TPSA) is 57.2 Å². The van der Waals surface area contributed by atoms with E-state index >= 15 is 0 Å². The van der Waals surface area contributed by atoms with Gasteiger partial charge in [-0.2, -0.15) is 5.10 Å². The number of carbonyl (C=O) groups excluding carboxylic acids is 1. The summed E-state index contributed by atoms with van der Waals surface area (Å²) in [4.78, 5) is 16.8. The second kappa shape index (κ2) is 10.6. The van der Waals surface area contributed by atoms with Gasteiger partial charge in [-0.3, -0.25) is 14.6 Å². The number of piperazine rings is 1. The highest BCUT2D eigenvalue weighted by Crippen LogP contribution is 2.15. The zero-order chi connectivity index (χ0) is 19.6. The molecule has 1 saturated heterocycles. The number of carbonyl (C=O) groups is 1. The Morgan fingerprint density at radius 1 is 1.04 bits per heavy atom. The predicted octanol–water partition coefficient (Wildman–Crippen LogP) is 2.35. The minimum atomic E-state index is -0.0957. The van der Waals surface area contributed by atoms with E-state index in [0.29, 0.717) is 13.2 Å². The number of hydrogen-bond donors (Lipinski definition) is 1. The van der Waals surface area contributed by atoms with Crippen LogP contribution in [0, 0.1) is 0 Å². The Balaban J connectivity index is 1.40. The standard InChI is InChI=1S/C22H28N4O2/c1-2-28-21-11-7-6-10-20(21)16-23-24-22(27)18-26-14-12-25(13-15-26)17-19-8-4-3-5-9-19/h3-11,16H,2,12-15,17-18H2,1H3,(H,24,27)/b23-16+. The first kappa shape index (κ1) is 20.0. The summed E-state index contributed by atoms with van der Waals surface area (Å²) in [5, 5.41) is 4.08. The lowest BCUT2D eigenvalue weighted by atomic mass is 10.2. The van der Waals surface area contributed by atoms with Crippen molar-refractivity contribution in [2.24, 2.45) is 5.10 Å². The van der Waals surface area contributed by atoms with Crippen molar-refractivity contribution in [2.45, 2.75) is 13.5 Å². The summed E-state index contributed by atoms with van der Waals surface area (Å²) in [5.74, 6) is 0.666. The zero-order valence-corrected chi connectivity index (χ0v) is 16.4. The van der Waals surface area contributed by atoms with Gasteiger partial charge in [0.05, 0.1) is 19.4 Å². The van der Waals surface area contributed by atoms with Crippen LogP contribution in [-0.4, -0.2) is 61.3 Å². The van der Waals surface area contributed by atoms with Gasteiger partial charge in [-0.25, -0.2) is 5.43 Å². The van der Waals surface area contributed by atoms with Crippen LogP contribution >= 0.6 is 0 Å². The van der Waals surface area contributed by atoms with Crippen LogP contribution in [0.4, 0.5) is 0 Å². The third kappa shape index (κ3) is 6.18. The molecule has 28 heavy (non-hydrogen) atoms. The normalized spacial score (nSPS) is 15.6. The average Bonchev–Trinajstić information content (AvgIpc) is 2.72. The molecule has 0 spiro atoms. The van der Waals surface area contributed by atoms with Crippen LogP contribution < -0.4 is 10.2 Å². The summed E-state index contributed by atoms with van der Waals surface area (Å²) in [6.45, 7) is 7.56. The third-order valence-electron chi connectivity index (χ3n) is 4.69. The lowest BCUT2D eigenvalue weighted by Crippen LogP contribution is -2.48. The smallest absolute Gasteiger partial charge is 0.254 e. The fourth-order valence-corrected chi connectivity index (χ4v) is 3.23. The summed E-state index contributed by atoms with van der Waals surface area (Å²) < 4.78 is 5.55. The fourth-order valence-electron chi connectivity index (χ4n) is 3.23. The summed E-state index contributed by atoms with van der Waals surface area (Å²) in [6.07, 6.45) is 1.63. The van der Waals surface area contributed by atoms with Gasteiger partial charge in [0, 0.05) is 38.3 Å². The van der Waals surface area contributed by atoms with E-state index in [1.165, 1.54) is 5.56 Å². The first-order valence-electron chi connectivity index (χ1n) is 9.77. The number of benzene rings is 2. The summed E-state index contributed by atoms with van der Waals surface area (Å²) >= 11 is 0. The predicted molar refractivity (Wildman–Crippen MR) is 112 cm³/mol. The largest absolute Gasteiger partial charge is 0.493 e. The lowest BCUT2D eigenvalue weighted by Gasteiger charge is -2.34. The van der Waals surface area contributed by atoms with E-state index in [1.807, 2.05) is 37.3 Å². The average molecular weight is 380 g/mol. The van der Waals surface area contributed by atoms with Crippen LogP contribution in [-0.2, 0) is 11.3 Å². The van der Waals surface area contributed by atoms with Gasteiger partial charge in [0.1, 0.15) is 5.75 Å². The number of nitrogens with one attached hydrogen (secondary N) is 1. The van der Waals surface area contributed by atoms with Crippen molar-refractivity contribution in [3.05, 3.63) is 65.7 Å². The second-order valence-electron chi connectivity index (χ2n) is 6.80. The Kier molecular flexibility index (Phi) is 7.58. The molecule has 6 heteroatoms. The minimum Gasteiger partial charge on any atom is -0.493 e. The fraction of sp³-hybridized carbons (Fsp3) is 0.364. The van der Waals surface area contributed by atoms with Crippen molar-refractivity contribution >= 4 is 12.1 Å². The van der Waals surface area contributed by atoms with E-state index in [1.54, 1.807) is 6.21 Å². The summed E-state index contributed by atoms with van der Waals surface area (Å²) in [5.41, 5.74) is 4.79. The molecule has 1 amide bonds. The molecule has 6 nitrogen and oxygen atoms in total. The van der Waals surface area contributed by atoms with Crippen LogP contribution in [0.2, 0.25) is 0 Å². The molecule has 0 atom stereocenters. The molecule has 0 bridgehead atoms. The Labute approximate surface area is 166 Å². The van der Waals surface area contributed by atoms with Crippen molar-refractivity contribution in [3.8, 4) is 5.75 Å². The number of para-hydroxylation sites is 1. The Morgan fingerprint density at radius 3 is 2.46 bits per heavy atom. The maximum atomic E-state index is 12.2.